The second kappa shape index (κ2) is 9.64. The number of rotatable bonds is 6. The lowest BCUT2D eigenvalue weighted by Crippen LogP contribution is -2.11. The normalized spacial score (nSPS) is 11.1. The Labute approximate surface area is 208 Å². The number of nitrogens with zero attached hydrogens (tertiary/aromatic N) is 3. The number of benzene rings is 3. The molecule has 0 saturated heterocycles. The number of carbonyl (C=O) groups is 2. The molecule has 0 atom stereocenters. The predicted molar refractivity (Wildman–Crippen MR) is 134 cm³/mol. The maximum atomic E-state index is 11.8. The van der Waals surface area contributed by atoms with Gasteiger partial charge in [-0.25, -0.2) is 9.59 Å². The molecule has 3 aromatic carbocycles. The van der Waals surface area contributed by atoms with Gasteiger partial charge in [0.25, 0.3) is 0 Å². The number of hydrogen-bond donors (Lipinski definition) is 3. The quantitative estimate of drug-likeness (QED) is 0.272. The molecule has 2 aromatic heterocycles. The maximum absolute atomic E-state index is 11.8. The number of aliphatic hydroxyl groups excluding tert-OH is 1. The molecule has 0 bridgehead atoms. The molecule has 3 N–H and O–H groups in total. The summed E-state index contributed by atoms with van der Waals surface area (Å²) in [5, 5.41) is 22.3. The van der Waals surface area contributed by atoms with Gasteiger partial charge < -0.3 is 24.3 Å². The van der Waals surface area contributed by atoms with E-state index in [1.165, 1.54) is 7.11 Å². The summed E-state index contributed by atoms with van der Waals surface area (Å²) in [6, 6.07) is 18.0. The summed E-state index contributed by atoms with van der Waals surface area (Å²) in [7, 11) is 1.27. The van der Waals surface area contributed by atoms with Gasteiger partial charge in [-0.3, -0.25) is 5.32 Å². The van der Waals surface area contributed by atoms with E-state index in [0.29, 0.717) is 39.8 Å². The van der Waals surface area contributed by atoms with E-state index < -0.39 is 12.2 Å². The van der Waals surface area contributed by atoms with Crippen LogP contribution in [0.2, 0.25) is 0 Å². The largest absolute Gasteiger partial charge is 0.512 e. The number of anilines is 1. The van der Waals surface area contributed by atoms with Gasteiger partial charge in [-0.1, -0.05) is 30.3 Å². The van der Waals surface area contributed by atoms with Crippen molar-refractivity contribution in [3.8, 4) is 17.0 Å². The van der Waals surface area contributed by atoms with Crippen molar-refractivity contribution in [3.05, 3.63) is 71.8 Å². The minimum absolute atomic E-state index is 0.123. The fraction of sp³-hybridized carbons (Fsp3) is 0.120. The zero-order valence-electron chi connectivity index (χ0n) is 19.0. The second-order valence-corrected chi connectivity index (χ2v) is 8.45. The van der Waals surface area contributed by atoms with Gasteiger partial charge in [0.2, 0.25) is 5.88 Å². The summed E-state index contributed by atoms with van der Waals surface area (Å²) in [5.41, 5.74) is 5.49. The third-order valence-corrected chi connectivity index (χ3v) is 6.27. The van der Waals surface area contributed by atoms with Crippen LogP contribution in [0.25, 0.3) is 33.1 Å². The lowest BCUT2D eigenvalue weighted by atomic mass is 10.0. The van der Waals surface area contributed by atoms with Crippen LogP contribution in [0.5, 0.6) is 5.88 Å². The highest BCUT2D eigenvalue weighted by molar-refractivity contribution is 7.00. The van der Waals surface area contributed by atoms with Gasteiger partial charge in [0.15, 0.2) is 0 Å². The summed E-state index contributed by atoms with van der Waals surface area (Å²) >= 11 is 1.12. The van der Waals surface area contributed by atoms with E-state index in [9.17, 15) is 19.8 Å². The van der Waals surface area contributed by atoms with Crippen LogP contribution >= 0.6 is 11.7 Å². The van der Waals surface area contributed by atoms with Crippen LogP contribution in [-0.4, -0.2) is 42.9 Å². The number of methoxy groups -OCH3 is 1. The summed E-state index contributed by atoms with van der Waals surface area (Å²) < 4.78 is 20.3. The third kappa shape index (κ3) is 4.44. The monoisotopic (exact) mass is 504 g/mol. The van der Waals surface area contributed by atoms with Crippen molar-refractivity contribution in [1.29, 1.82) is 0 Å². The van der Waals surface area contributed by atoms with Gasteiger partial charge >= 0.3 is 12.2 Å². The zero-order valence-corrected chi connectivity index (χ0v) is 19.8. The molecule has 0 aliphatic rings. The summed E-state index contributed by atoms with van der Waals surface area (Å²) in [6.07, 6.45) is -2.09. The molecule has 5 aromatic rings. The Bertz CT molecular complexity index is 1590. The Hall–Kier alpha value is -4.48. The van der Waals surface area contributed by atoms with E-state index in [-0.39, 0.29) is 12.5 Å². The molecule has 1 amide bonds. The van der Waals surface area contributed by atoms with Crippen LogP contribution in [0, 0.1) is 0 Å². The SMILES string of the molecule is COC(=O)Nc1ccc2c(c1)c(-c1ccc(CO)cc1)c(OC(=O)O)n2Cc1ccc2nsnc2c1. The lowest BCUT2D eigenvalue weighted by molar-refractivity contribution is 0.141. The van der Waals surface area contributed by atoms with Gasteiger partial charge in [0.1, 0.15) is 11.0 Å². The van der Waals surface area contributed by atoms with Crippen LogP contribution in [-0.2, 0) is 17.9 Å². The molecule has 10 nitrogen and oxygen atoms in total. The first-order valence-electron chi connectivity index (χ1n) is 10.8. The Balaban J connectivity index is 1.73. The Morgan fingerprint density at radius 3 is 2.47 bits per heavy atom. The summed E-state index contributed by atoms with van der Waals surface area (Å²) in [4.78, 5) is 23.6. The molecule has 0 saturated carbocycles. The highest BCUT2D eigenvalue weighted by Gasteiger charge is 2.23. The molecule has 36 heavy (non-hydrogen) atoms. The van der Waals surface area contributed by atoms with E-state index >= 15 is 0 Å². The summed E-state index contributed by atoms with van der Waals surface area (Å²) in [5.74, 6) is 0.126. The molecule has 0 unspecified atom stereocenters. The van der Waals surface area contributed by atoms with Crippen LogP contribution in [0.1, 0.15) is 11.1 Å². The van der Waals surface area contributed by atoms with Crippen molar-refractivity contribution in [2.45, 2.75) is 13.2 Å². The van der Waals surface area contributed by atoms with E-state index in [2.05, 4.69) is 14.1 Å². The van der Waals surface area contributed by atoms with Crippen molar-refractivity contribution in [1.82, 2.24) is 13.3 Å². The number of ether oxygens (including phenoxy) is 2. The van der Waals surface area contributed by atoms with Crippen LogP contribution in [0.15, 0.2) is 60.7 Å². The summed E-state index contributed by atoms with van der Waals surface area (Å²) in [6.45, 7) is 0.173. The fourth-order valence-corrected chi connectivity index (χ4v) is 4.61. The average molecular weight is 505 g/mol. The maximum Gasteiger partial charge on any atom is 0.512 e. The number of fused-ring (bicyclic) bond motifs is 2. The van der Waals surface area contributed by atoms with Crippen molar-refractivity contribution >= 4 is 51.6 Å². The van der Waals surface area contributed by atoms with Crippen molar-refractivity contribution in [2.75, 3.05) is 12.4 Å². The number of hydrogen-bond acceptors (Lipinski definition) is 8. The molecule has 11 heteroatoms. The van der Waals surface area contributed by atoms with Gasteiger partial charge in [-0.15, -0.1) is 0 Å². The number of carboxylic acid groups (broad SMARTS) is 1. The first-order chi connectivity index (χ1) is 17.5. The highest BCUT2D eigenvalue weighted by Crippen LogP contribution is 2.42. The van der Waals surface area contributed by atoms with E-state index in [1.807, 2.05) is 18.2 Å². The van der Waals surface area contributed by atoms with Crippen molar-refractivity contribution in [3.63, 3.8) is 0 Å². The Kier molecular flexibility index (Phi) is 6.23. The van der Waals surface area contributed by atoms with E-state index in [0.717, 1.165) is 28.3 Å². The van der Waals surface area contributed by atoms with Crippen molar-refractivity contribution < 1.29 is 29.3 Å². The molecular weight excluding hydrogens is 484 g/mol. The number of aromatic nitrogens is 3. The molecular formula is C25H20N4O6S. The van der Waals surface area contributed by atoms with Gasteiger partial charge in [-0.05, 0) is 47.0 Å². The highest BCUT2D eigenvalue weighted by atomic mass is 32.1. The molecule has 5 rings (SSSR count). The first kappa shape index (κ1) is 23.3. The number of carbonyl (C=O) groups excluding carboxylic acids is 1. The van der Waals surface area contributed by atoms with Gasteiger partial charge in [-0.2, -0.15) is 8.75 Å². The molecule has 0 radical (unpaired) electrons. The molecule has 0 aliphatic carbocycles. The standard InChI is InChI=1S/C25H20N4O6S/c1-34-24(31)26-17-7-9-21-18(11-17)22(16-5-2-14(13-30)3-6-16)23(35-25(32)33)29(21)12-15-4-8-19-20(10-15)28-36-27-19/h2-11,30H,12-13H2,1H3,(H,26,31)(H,32,33). The molecule has 0 spiro atoms. The van der Waals surface area contributed by atoms with Gasteiger partial charge in [0, 0.05) is 11.1 Å². The fourth-order valence-electron chi connectivity index (χ4n) is 4.09. The van der Waals surface area contributed by atoms with E-state index in [1.54, 1.807) is 47.0 Å². The van der Waals surface area contributed by atoms with Crippen LogP contribution in [0.3, 0.4) is 0 Å². The predicted octanol–water partition coefficient (Wildman–Crippen LogP) is 5.09. The number of nitrogens with one attached hydrogen (secondary N) is 1. The number of aliphatic hydroxyl groups is 1. The first-order valence-corrected chi connectivity index (χ1v) is 11.5. The van der Waals surface area contributed by atoms with Crippen molar-refractivity contribution in [2.24, 2.45) is 0 Å². The average Bonchev–Trinajstić information content (AvgIpc) is 3.46. The molecule has 182 valence electrons. The molecule has 0 aliphatic heterocycles. The topological polar surface area (TPSA) is 136 Å². The third-order valence-electron chi connectivity index (χ3n) is 5.72. The van der Waals surface area contributed by atoms with Crippen LogP contribution < -0.4 is 10.1 Å². The zero-order chi connectivity index (χ0) is 25.2. The number of amides is 1. The minimum atomic E-state index is -1.46. The Morgan fingerprint density at radius 2 is 1.75 bits per heavy atom. The minimum Gasteiger partial charge on any atom is -0.453 e. The smallest absolute Gasteiger partial charge is 0.453 e. The second-order valence-electron chi connectivity index (χ2n) is 7.93. The van der Waals surface area contributed by atoms with Gasteiger partial charge in [0.05, 0.1) is 43.1 Å². The Morgan fingerprint density at radius 1 is 1.00 bits per heavy atom. The molecule has 2 heterocycles. The lowest BCUT2D eigenvalue weighted by Gasteiger charge is -2.11. The molecule has 0 fully saturated rings. The van der Waals surface area contributed by atoms with Crippen LogP contribution in [0.4, 0.5) is 15.3 Å². The van der Waals surface area contributed by atoms with E-state index in [4.69, 9.17) is 9.47 Å².